The zero-order chi connectivity index (χ0) is 13.1. The summed E-state index contributed by atoms with van der Waals surface area (Å²) in [5.41, 5.74) is 1.09. The van der Waals surface area contributed by atoms with Crippen LogP contribution in [0, 0.1) is 6.42 Å². The van der Waals surface area contributed by atoms with E-state index in [9.17, 15) is 4.79 Å². The fourth-order valence-electron chi connectivity index (χ4n) is 2.33. The van der Waals surface area contributed by atoms with Gasteiger partial charge in [0.05, 0.1) is 12.6 Å². The third-order valence-corrected chi connectivity index (χ3v) is 3.30. The Hall–Kier alpha value is -2.11. The van der Waals surface area contributed by atoms with Crippen molar-refractivity contribution >= 4 is 11.7 Å². The van der Waals surface area contributed by atoms with E-state index in [1.807, 2.05) is 6.07 Å². The van der Waals surface area contributed by atoms with Gasteiger partial charge in [0.2, 0.25) is 5.91 Å². The second-order valence-corrected chi connectivity index (χ2v) is 4.71. The number of amides is 1. The van der Waals surface area contributed by atoms with Crippen LogP contribution in [0.1, 0.15) is 36.6 Å². The van der Waals surface area contributed by atoms with E-state index in [4.69, 9.17) is 4.52 Å². The first-order chi connectivity index (χ1) is 9.31. The van der Waals surface area contributed by atoms with Crippen LogP contribution in [-0.2, 0) is 11.2 Å². The zero-order valence-electron chi connectivity index (χ0n) is 10.4. The molecule has 99 valence electrons. The smallest absolute Gasteiger partial charge is 0.233 e. The lowest BCUT2D eigenvalue weighted by molar-refractivity contribution is -0.115. The van der Waals surface area contributed by atoms with E-state index in [1.54, 1.807) is 6.07 Å². The average Bonchev–Trinajstić information content (AvgIpc) is 3.09. The minimum absolute atomic E-state index is 0.159. The fraction of sp³-hybridized carbons (Fsp3) is 0.385. The van der Waals surface area contributed by atoms with Crippen molar-refractivity contribution in [2.45, 2.75) is 31.6 Å². The lowest BCUT2D eigenvalue weighted by Gasteiger charge is -2.03. The van der Waals surface area contributed by atoms with Gasteiger partial charge in [-0.15, -0.1) is 0 Å². The predicted octanol–water partition coefficient (Wildman–Crippen LogP) is 2.05. The van der Waals surface area contributed by atoms with Gasteiger partial charge in [0, 0.05) is 23.7 Å². The molecular formula is C13H15N4O2. The molecule has 6 heteroatoms. The van der Waals surface area contributed by atoms with Gasteiger partial charge in [-0.1, -0.05) is 5.16 Å². The zero-order valence-corrected chi connectivity index (χ0v) is 10.4. The van der Waals surface area contributed by atoms with Crippen LogP contribution in [0.4, 0.5) is 5.82 Å². The molecule has 2 heterocycles. The molecule has 0 unspecified atom stereocenters. The predicted molar refractivity (Wildman–Crippen MR) is 68.3 cm³/mol. The second-order valence-electron chi connectivity index (χ2n) is 4.71. The van der Waals surface area contributed by atoms with E-state index >= 15 is 0 Å². The van der Waals surface area contributed by atoms with Gasteiger partial charge in [0.1, 0.15) is 5.76 Å². The number of aromatic nitrogens is 3. The Labute approximate surface area is 110 Å². The standard InChI is InChI=1S/C13H15N4O2/c18-13(7-10-5-6-14-19-10)15-12-8-11(16-17-12)9-3-1-2-4-9/h1,5-6,8-9H,2-4,7H2,(H2,15,16,17,18)/t9-/m0/s1. The fourth-order valence-corrected chi connectivity index (χ4v) is 2.33. The first-order valence-electron chi connectivity index (χ1n) is 6.37. The van der Waals surface area contributed by atoms with E-state index < -0.39 is 0 Å². The summed E-state index contributed by atoms with van der Waals surface area (Å²) in [4.78, 5) is 11.8. The number of rotatable bonds is 4. The molecular weight excluding hydrogens is 244 g/mol. The Morgan fingerprint density at radius 3 is 3.26 bits per heavy atom. The summed E-state index contributed by atoms with van der Waals surface area (Å²) in [6.45, 7) is 0. The van der Waals surface area contributed by atoms with Crippen molar-refractivity contribution in [2.24, 2.45) is 0 Å². The molecule has 2 aromatic heterocycles. The summed E-state index contributed by atoms with van der Waals surface area (Å²) < 4.78 is 4.89. The maximum absolute atomic E-state index is 11.8. The molecule has 2 aromatic rings. The number of hydrogen-bond acceptors (Lipinski definition) is 4. The molecule has 1 radical (unpaired) electrons. The van der Waals surface area contributed by atoms with Gasteiger partial charge < -0.3 is 9.84 Å². The minimum Gasteiger partial charge on any atom is -0.361 e. The number of carbonyl (C=O) groups is 1. The van der Waals surface area contributed by atoms with Crippen LogP contribution < -0.4 is 5.32 Å². The van der Waals surface area contributed by atoms with Crippen LogP contribution in [0.5, 0.6) is 0 Å². The maximum Gasteiger partial charge on any atom is 0.233 e. The first kappa shape index (κ1) is 12.0. The van der Waals surface area contributed by atoms with Crippen molar-refractivity contribution in [3.8, 4) is 0 Å². The van der Waals surface area contributed by atoms with Gasteiger partial charge in [-0.3, -0.25) is 9.89 Å². The van der Waals surface area contributed by atoms with Crippen molar-refractivity contribution in [2.75, 3.05) is 5.32 Å². The third-order valence-electron chi connectivity index (χ3n) is 3.30. The molecule has 1 aliphatic carbocycles. The number of nitrogens with zero attached hydrogens (tertiary/aromatic N) is 2. The number of aromatic amines is 1. The van der Waals surface area contributed by atoms with Gasteiger partial charge in [-0.05, 0) is 25.7 Å². The van der Waals surface area contributed by atoms with Crippen molar-refractivity contribution in [1.82, 2.24) is 15.4 Å². The van der Waals surface area contributed by atoms with Gasteiger partial charge >= 0.3 is 0 Å². The second kappa shape index (κ2) is 5.26. The normalized spacial score (nSPS) is 15.8. The molecule has 3 rings (SSSR count). The number of hydrogen-bond donors (Lipinski definition) is 2. The van der Waals surface area contributed by atoms with Gasteiger partial charge in [-0.2, -0.15) is 5.10 Å². The highest BCUT2D eigenvalue weighted by Crippen LogP contribution is 2.32. The number of anilines is 1. The molecule has 1 saturated carbocycles. The number of nitrogens with one attached hydrogen (secondary N) is 2. The van der Waals surface area contributed by atoms with Crippen LogP contribution in [0.15, 0.2) is 22.9 Å². The molecule has 1 fully saturated rings. The highest BCUT2D eigenvalue weighted by molar-refractivity contribution is 5.91. The van der Waals surface area contributed by atoms with Crippen LogP contribution in [0.3, 0.4) is 0 Å². The third kappa shape index (κ3) is 2.83. The Bertz CT molecular complexity index is 541. The van der Waals surface area contributed by atoms with Crippen LogP contribution in [-0.4, -0.2) is 21.3 Å². The Balaban J connectivity index is 1.59. The van der Waals surface area contributed by atoms with Crippen LogP contribution in [0.2, 0.25) is 0 Å². The highest BCUT2D eigenvalue weighted by Gasteiger charge is 2.19. The Kier molecular flexibility index (Phi) is 3.31. The summed E-state index contributed by atoms with van der Waals surface area (Å²) in [5.74, 6) is 1.45. The summed E-state index contributed by atoms with van der Waals surface area (Å²) in [5, 5.41) is 13.4. The van der Waals surface area contributed by atoms with E-state index in [2.05, 4.69) is 27.1 Å². The summed E-state index contributed by atoms with van der Waals surface area (Å²) in [6, 6.07) is 3.58. The highest BCUT2D eigenvalue weighted by atomic mass is 16.5. The first-order valence-corrected chi connectivity index (χ1v) is 6.37. The van der Waals surface area contributed by atoms with E-state index in [-0.39, 0.29) is 12.3 Å². The molecule has 0 aliphatic heterocycles. The Morgan fingerprint density at radius 2 is 2.53 bits per heavy atom. The molecule has 0 spiro atoms. The minimum atomic E-state index is -0.159. The van der Waals surface area contributed by atoms with Crippen molar-refractivity contribution < 1.29 is 9.32 Å². The van der Waals surface area contributed by atoms with Crippen molar-refractivity contribution in [1.29, 1.82) is 0 Å². The number of carbonyl (C=O) groups excluding carboxylic acids is 1. The molecule has 2 N–H and O–H groups in total. The van der Waals surface area contributed by atoms with Gasteiger partial charge in [0.25, 0.3) is 0 Å². The van der Waals surface area contributed by atoms with Gasteiger partial charge in [0.15, 0.2) is 5.82 Å². The van der Waals surface area contributed by atoms with E-state index in [1.165, 1.54) is 6.20 Å². The molecule has 0 saturated heterocycles. The summed E-state index contributed by atoms with van der Waals surface area (Å²) >= 11 is 0. The Morgan fingerprint density at radius 1 is 1.58 bits per heavy atom. The maximum atomic E-state index is 11.8. The molecule has 6 nitrogen and oxygen atoms in total. The molecule has 0 bridgehead atoms. The largest absolute Gasteiger partial charge is 0.361 e. The summed E-state index contributed by atoms with van der Waals surface area (Å²) in [7, 11) is 0. The summed E-state index contributed by atoms with van der Waals surface area (Å²) in [6.07, 6.45) is 7.34. The quantitative estimate of drug-likeness (QED) is 0.880. The lowest BCUT2D eigenvalue weighted by Crippen LogP contribution is -2.14. The molecule has 0 aromatic carbocycles. The monoisotopic (exact) mass is 259 g/mol. The average molecular weight is 259 g/mol. The number of H-pyrrole nitrogens is 1. The molecule has 19 heavy (non-hydrogen) atoms. The van der Waals surface area contributed by atoms with Crippen molar-refractivity contribution in [3.05, 3.63) is 36.2 Å². The van der Waals surface area contributed by atoms with E-state index in [0.29, 0.717) is 17.5 Å². The van der Waals surface area contributed by atoms with E-state index in [0.717, 1.165) is 25.0 Å². The van der Waals surface area contributed by atoms with Crippen LogP contribution >= 0.6 is 0 Å². The molecule has 1 atom stereocenters. The van der Waals surface area contributed by atoms with Crippen LogP contribution in [0.25, 0.3) is 0 Å². The van der Waals surface area contributed by atoms with Crippen molar-refractivity contribution in [3.63, 3.8) is 0 Å². The van der Waals surface area contributed by atoms with Gasteiger partial charge in [-0.25, -0.2) is 0 Å². The SMILES string of the molecule is O=C(Cc1ccno1)Nc1cc([C@H]2C[CH]CC2)[nH]n1. The molecule has 1 amide bonds. The molecule has 1 aliphatic rings. The lowest BCUT2D eigenvalue weighted by atomic mass is 10.0. The topological polar surface area (TPSA) is 83.8 Å².